The standard InChI is InChI=1S/C19H22ClN3O2S/c20-16-5-2-1-4-15(16)14-18(24)21-7-8-22-9-11-23(12-10-22)19(25)17-6-3-13-26-17/h1-6,13H,7-12,14H2,(H,21,24). The molecule has 2 heterocycles. The third-order valence-corrected chi connectivity index (χ3v) is 5.68. The zero-order chi connectivity index (χ0) is 18.4. The Balaban J connectivity index is 1.36. The lowest BCUT2D eigenvalue weighted by atomic mass is 10.1. The third-order valence-electron chi connectivity index (χ3n) is 4.45. The maximum Gasteiger partial charge on any atom is 0.264 e. The molecular weight excluding hydrogens is 370 g/mol. The number of piperazine rings is 1. The molecule has 3 rings (SSSR count). The molecule has 1 aromatic carbocycles. The van der Waals surface area contributed by atoms with Crippen LogP contribution in [0.5, 0.6) is 0 Å². The number of halogens is 1. The number of rotatable bonds is 6. The summed E-state index contributed by atoms with van der Waals surface area (Å²) in [5.74, 6) is 0.0947. The van der Waals surface area contributed by atoms with Crippen LogP contribution in [0.25, 0.3) is 0 Å². The quantitative estimate of drug-likeness (QED) is 0.823. The molecule has 2 amide bonds. The summed E-state index contributed by atoms with van der Waals surface area (Å²) in [7, 11) is 0. The highest BCUT2D eigenvalue weighted by molar-refractivity contribution is 7.12. The van der Waals surface area contributed by atoms with Crippen LogP contribution in [0.1, 0.15) is 15.2 Å². The van der Waals surface area contributed by atoms with Crippen LogP contribution in [0.2, 0.25) is 5.02 Å². The summed E-state index contributed by atoms with van der Waals surface area (Å²) in [5, 5.41) is 5.49. The van der Waals surface area contributed by atoms with Gasteiger partial charge in [0.1, 0.15) is 0 Å². The SMILES string of the molecule is O=C(Cc1ccccc1Cl)NCCN1CCN(C(=O)c2cccs2)CC1. The van der Waals surface area contributed by atoms with Gasteiger partial charge in [-0.25, -0.2) is 0 Å². The minimum Gasteiger partial charge on any atom is -0.355 e. The molecule has 0 aliphatic carbocycles. The molecule has 0 spiro atoms. The van der Waals surface area contributed by atoms with Gasteiger partial charge in [-0.05, 0) is 23.1 Å². The lowest BCUT2D eigenvalue weighted by Gasteiger charge is -2.34. The first kappa shape index (κ1) is 18.9. The van der Waals surface area contributed by atoms with Crippen molar-refractivity contribution in [2.45, 2.75) is 6.42 Å². The molecule has 2 aromatic rings. The molecule has 1 N–H and O–H groups in total. The van der Waals surface area contributed by atoms with Crippen LogP contribution in [-0.4, -0.2) is 60.9 Å². The summed E-state index contributed by atoms with van der Waals surface area (Å²) in [5.41, 5.74) is 0.840. The van der Waals surface area contributed by atoms with Gasteiger partial charge in [0.05, 0.1) is 11.3 Å². The van der Waals surface area contributed by atoms with Crippen molar-refractivity contribution < 1.29 is 9.59 Å². The first-order valence-electron chi connectivity index (χ1n) is 8.69. The van der Waals surface area contributed by atoms with Crippen LogP contribution < -0.4 is 5.32 Å². The number of nitrogens with one attached hydrogen (secondary N) is 1. The van der Waals surface area contributed by atoms with Crippen molar-refractivity contribution in [3.63, 3.8) is 0 Å². The van der Waals surface area contributed by atoms with Gasteiger partial charge >= 0.3 is 0 Å². The summed E-state index contributed by atoms with van der Waals surface area (Å²) in [4.78, 5) is 29.3. The molecule has 7 heteroatoms. The van der Waals surface area contributed by atoms with E-state index in [-0.39, 0.29) is 11.8 Å². The van der Waals surface area contributed by atoms with Gasteiger partial charge in [-0.1, -0.05) is 35.9 Å². The van der Waals surface area contributed by atoms with Crippen molar-refractivity contribution in [2.24, 2.45) is 0 Å². The molecule has 1 fully saturated rings. The number of hydrogen-bond donors (Lipinski definition) is 1. The number of hydrogen-bond acceptors (Lipinski definition) is 4. The molecule has 1 saturated heterocycles. The summed E-state index contributed by atoms with van der Waals surface area (Å²) >= 11 is 7.56. The average molecular weight is 392 g/mol. The Morgan fingerprint density at radius 3 is 2.54 bits per heavy atom. The fourth-order valence-electron chi connectivity index (χ4n) is 2.96. The average Bonchev–Trinajstić information content (AvgIpc) is 3.18. The molecule has 1 aliphatic rings. The Morgan fingerprint density at radius 2 is 1.85 bits per heavy atom. The monoisotopic (exact) mass is 391 g/mol. The Hall–Kier alpha value is -1.89. The highest BCUT2D eigenvalue weighted by Crippen LogP contribution is 2.15. The maximum absolute atomic E-state index is 12.3. The zero-order valence-electron chi connectivity index (χ0n) is 14.5. The number of amides is 2. The summed E-state index contributed by atoms with van der Waals surface area (Å²) in [6.45, 7) is 4.50. The van der Waals surface area contributed by atoms with E-state index < -0.39 is 0 Å². The topological polar surface area (TPSA) is 52.7 Å². The second kappa shape index (κ2) is 9.16. The molecular formula is C19H22ClN3O2S. The Bertz CT molecular complexity index is 743. The molecule has 0 radical (unpaired) electrons. The van der Waals surface area contributed by atoms with Gasteiger partial charge in [-0.2, -0.15) is 0 Å². The van der Waals surface area contributed by atoms with Gasteiger partial charge in [0.2, 0.25) is 5.91 Å². The summed E-state index contributed by atoms with van der Waals surface area (Å²) in [6, 6.07) is 11.2. The van der Waals surface area contributed by atoms with E-state index in [1.807, 2.05) is 40.6 Å². The molecule has 1 aliphatic heterocycles. The van der Waals surface area contributed by atoms with Crippen LogP contribution >= 0.6 is 22.9 Å². The van der Waals surface area contributed by atoms with Gasteiger partial charge in [0.15, 0.2) is 0 Å². The first-order valence-corrected chi connectivity index (χ1v) is 9.94. The van der Waals surface area contributed by atoms with Gasteiger partial charge in [0.25, 0.3) is 5.91 Å². The molecule has 138 valence electrons. The van der Waals surface area contributed by atoms with Crippen LogP contribution in [0.4, 0.5) is 0 Å². The molecule has 0 bridgehead atoms. The largest absolute Gasteiger partial charge is 0.355 e. The van der Waals surface area contributed by atoms with E-state index in [9.17, 15) is 9.59 Å². The molecule has 0 atom stereocenters. The Labute approximate surface area is 162 Å². The number of benzene rings is 1. The normalized spacial score (nSPS) is 15.0. The van der Waals surface area contributed by atoms with Gasteiger partial charge < -0.3 is 10.2 Å². The molecule has 26 heavy (non-hydrogen) atoms. The second-order valence-corrected chi connectivity index (χ2v) is 7.58. The number of nitrogens with zero attached hydrogens (tertiary/aromatic N) is 2. The van der Waals surface area contributed by atoms with Crippen LogP contribution in [0, 0.1) is 0 Å². The number of carbonyl (C=O) groups excluding carboxylic acids is 2. The Kier molecular flexibility index (Phi) is 6.66. The summed E-state index contributed by atoms with van der Waals surface area (Å²) in [6.07, 6.45) is 0.294. The minimum atomic E-state index is -0.0235. The number of carbonyl (C=O) groups is 2. The predicted molar refractivity (Wildman–Crippen MR) is 105 cm³/mol. The molecule has 1 aromatic heterocycles. The first-order chi connectivity index (χ1) is 12.6. The van der Waals surface area contributed by atoms with Crippen LogP contribution in [0.3, 0.4) is 0 Å². The van der Waals surface area contributed by atoms with Gasteiger partial charge in [-0.15, -0.1) is 11.3 Å². The van der Waals surface area contributed by atoms with Crippen molar-refractivity contribution in [1.82, 2.24) is 15.1 Å². The van der Waals surface area contributed by atoms with E-state index >= 15 is 0 Å². The zero-order valence-corrected chi connectivity index (χ0v) is 16.1. The van der Waals surface area contributed by atoms with E-state index in [1.165, 1.54) is 11.3 Å². The second-order valence-electron chi connectivity index (χ2n) is 6.23. The predicted octanol–water partition coefficient (Wildman–Crippen LogP) is 2.52. The van der Waals surface area contributed by atoms with Crippen molar-refractivity contribution in [3.8, 4) is 0 Å². The fourth-order valence-corrected chi connectivity index (χ4v) is 3.85. The highest BCUT2D eigenvalue weighted by Gasteiger charge is 2.22. The van der Waals surface area contributed by atoms with Crippen LogP contribution in [0.15, 0.2) is 41.8 Å². The minimum absolute atomic E-state index is 0.0235. The van der Waals surface area contributed by atoms with E-state index in [0.29, 0.717) is 18.0 Å². The lowest BCUT2D eigenvalue weighted by Crippen LogP contribution is -2.50. The van der Waals surface area contributed by atoms with Crippen molar-refractivity contribution in [1.29, 1.82) is 0 Å². The van der Waals surface area contributed by atoms with E-state index in [2.05, 4.69) is 10.2 Å². The van der Waals surface area contributed by atoms with E-state index in [1.54, 1.807) is 6.07 Å². The molecule has 0 unspecified atom stereocenters. The van der Waals surface area contributed by atoms with E-state index in [4.69, 9.17) is 11.6 Å². The molecule has 0 saturated carbocycles. The maximum atomic E-state index is 12.3. The van der Waals surface area contributed by atoms with Crippen LogP contribution in [-0.2, 0) is 11.2 Å². The van der Waals surface area contributed by atoms with E-state index in [0.717, 1.165) is 43.2 Å². The van der Waals surface area contributed by atoms with Gasteiger partial charge in [-0.3, -0.25) is 14.5 Å². The Morgan fingerprint density at radius 1 is 1.08 bits per heavy atom. The van der Waals surface area contributed by atoms with Crippen molar-refractivity contribution in [3.05, 3.63) is 57.2 Å². The lowest BCUT2D eigenvalue weighted by molar-refractivity contribution is -0.120. The van der Waals surface area contributed by atoms with Crippen molar-refractivity contribution >= 4 is 34.8 Å². The highest BCUT2D eigenvalue weighted by atomic mass is 35.5. The number of thiophene rings is 1. The van der Waals surface area contributed by atoms with Crippen molar-refractivity contribution in [2.75, 3.05) is 39.3 Å². The summed E-state index contributed by atoms with van der Waals surface area (Å²) < 4.78 is 0. The fraction of sp³-hybridized carbons (Fsp3) is 0.368. The smallest absolute Gasteiger partial charge is 0.264 e. The third kappa shape index (κ3) is 5.06. The molecule has 5 nitrogen and oxygen atoms in total. The van der Waals surface area contributed by atoms with Gasteiger partial charge in [0, 0.05) is 44.3 Å².